The zero-order valence-corrected chi connectivity index (χ0v) is 24.7. The van der Waals surface area contributed by atoms with E-state index in [9.17, 15) is 9.59 Å². The maximum atomic E-state index is 13.4. The van der Waals surface area contributed by atoms with E-state index in [1.165, 1.54) is 0 Å². The third-order valence-electron chi connectivity index (χ3n) is 6.16. The van der Waals surface area contributed by atoms with Crippen molar-refractivity contribution in [3.63, 3.8) is 0 Å². The first kappa shape index (κ1) is 30.2. The summed E-state index contributed by atoms with van der Waals surface area (Å²) in [7, 11) is 0. The first-order valence-electron chi connectivity index (χ1n) is 13.3. The summed E-state index contributed by atoms with van der Waals surface area (Å²) in [6.07, 6.45) is 0.696. The topological polar surface area (TPSA) is 55.8 Å². The zero-order valence-electron chi connectivity index (χ0n) is 23.9. The molecule has 0 heterocycles. The first-order valence-corrected chi connectivity index (χ1v) is 13.7. The molecule has 0 spiro atoms. The van der Waals surface area contributed by atoms with Crippen molar-refractivity contribution in [1.29, 1.82) is 0 Å². The monoisotopic (exact) mass is 549 g/mol. The van der Waals surface area contributed by atoms with Gasteiger partial charge in [0.2, 0.25) is 5.91 Å². The van der Waals surface area contributed by atoms with Gasteiger partial charge in [-0.2, -0.15) is 0 Å². The summed E-state index contributed by atoms with van der Waals surface area (Å²) < 4.78 is 11.4. The van der Waals surface area contributed by atoms with Gasteiger partial charge < -0.3 is 14.4 Å². The van der Waals surface area contributed by atoms with Crippen LogP contribution in [0.4, 0.5) is 0 Å². The highest BCUT2D eigenvalue weighted by atomic mass is 35.5. The fraction of sp³-hybridized carbons (Fsp3) is 0.394. The number of carbonyl (C=O) groups is 2. The van der Waals surface area contributed by atoms with Gasteiger partial charge in [-0.15, -0.1) is 0 Å². The summed E-state index contributed by atoms with van der Waals surface area (Å²) in [5, 5.41) is 0.558. The maximum absolute atomic E-state index is 13.4. The van der Waals surface area contributed by atoms with Crippen LogP contribution in [0.5, 0.6) is 5.75 Å². The standard InChI is InChI=1S/C33H40ClNO4/c1-32(2,3)27-14-10-13-25(19-27)20-30(36)35(22-31(37)39-33(4,5)6)18-17-26-15-16-28(21-29(26)34)38-23-24-11-8-7-9-12-24/h7-16,19,21H,17-18,20,22-23H2,1-6H3. The third kappa shape index (κ3) is 10.1. The Labute approximate surface area is 238 Å². The lowest BCUT2D eigenvalue weighted by Gasteiger charge is -2.26. The van der Waals surface area contributed by atoms with E-state index in [1.807, 2.05) is 75.4 Å². The Morgan fingerprint density at radius 1 is 0.846 bits per heavy atom. The largest absolute Gasteiger partial charge is 0.489 e. The molecular formula is C33H40ClNO4. The summed E-state index contributed by atoms with van der Waals surface area (Å²) in [5.41, 5.74) is 3.37. The number of carbonyl (C=O) groups excluding carboxylic acids is 2. The highest BCUT2D eigenvalue weighted by Gasteiger charge is 2.23. The van der Waals surface area contributed by atoms with Crippen molar-refractivity contribution in [3.05, 3.63) is 100 Å². The van der Waals surface area contributed by atoms with E-state index in [1.54, 1.807) is 11.0 Å². The molecule has 5 nitrogen and oxygen atoms in total. The normalized spacial score (nSPS) is 11.7. The number of rotatable bonds is 10. The van der Waals surface area contributed by atoms with Gasteiger partial charge in [-0.05, 0) is 67.0 Å². The number of halogens is 1. The average molecular weight is 550 g/mol. The summed E-state index contributed by atoms with van der Waals surface area (Å²) in [4.78, 5) is 27.6. The van der Waals surface area contributed by atoms with Crippen LogP contribution in [0.2, 0.25) is 5.02 Å². The molecule has 3 aromatic carbocycles. The van der Waals surface area contributed by atoms with Crippen LogP contribution >= 0.6 is 11.6 Å². The van der Waals surface area contributed by atoms with E-state index < -0.39 is 11.6 Å². The van der Waals surface area contributed by atoms with Crippen molar-refractivity contribution in [2.45, 2.75) is 72.0 Å². The minimum atomic E-state index is -0.633. The SMILES string of the molecule is CC(C)(C)OC(=O)CN(CCc1ccc(OCc2ccccc2)cc1Cl)C(=O)Cc1cccc(C(C)(C)C)c1. The van der Waals surface area contributed by atoms with Crippen molar-refractivity contribution in [2.24, 2.45) is 0 Å². The van der Waals surface area contributed by atoms with Crippen LogP contribution in [-0.2, 0) is 39.2 Å². The van der Waals surface area contributed by atoms with Crippen LogP contribution in [0.15, 0.2) is 72.8 Å². The second kappa shape index (κ2) is 13.2. The van der Waals surface area contributed by atoms with E-state index in [0.29, 0.717) is 30.3 Å². The van der Waals surface area contributed by atoms with Crippen LogP contribution in [-0.4, -0.2) is 35.5 Å². The number of amides is 1. The molecule has 1 amide bonds. The number of esters is 1. The van der Waals surface area contributed by atoms with Gasteiger partial charge in [0.1, 0.15) is 24.5 Å². The minimum absolute atomic E-state index is 0.0248. The van der Waals surface area contributed by atoms with Crippen LogP contribution in [0.25, 0.3) is 0 Å². The van der Waals surface area contributed by atoms with E-state index in [0.717, 1.165) is 22.3 Å². The lowest BCUT2D eigenvalue weighted by atomic mass is 9.86. The third-order valence-corrected chi connectivity index (χ3v) is 6.52. The van der Waals surface area contributed by atoms with E-state index in [4.69, 9.17) is 21.1 Å². The Morgan fingerprint density at radius 3 is 2.18 bits per heavy atom. The van der Waals surface area contributed by atoms with E-state index in [-0.39, 0.29) is 24.3 Å². The van der Waals surface area contributed by atoms with E-state index >= 15 is 0 Å². The summed E-state index contributed by atoms with van der Waals surface area (Å²) in [5.74, 6) is 0.105. The molecule has 0 bridgehead atoms. The number of benzene rings is 3. The van der Waals surface area contributed by atoms with Crippen molar-refractivity contribution < 1.29 is 19.1 Å². The number of hydrogen-bond donors (Lipinski definition) is 0. The Kier molecular flexibility index (Phi) is 10.2. The van der Waals surface area contributed by atoms with Gasteiger partial charge >= 0.3 is 5.97 Å². The second-order valence-electron chi connectivity index (χ2n) is 11.8. The Morgan fingerprint density at radius 2 is 1.54 bits per heavy atom. The average Bonchev–Trinajstić information content (AvgIpc) is 2.85. The number of hydrogen-bond acceptors (Lipinski definition) is 4. The van der Waals surface area contributed by atoms with Gasteiger partial charge in [0.15, 0.2) is 0 Å². The van der Waals surface area contributed by atoms with Crippen molar-refractivity contribution in [2.75, 3.05) is 13.1 Å². The fourth-order valence-electron chi connectivity index (χ4n) is 4.07. The van der Waals surface area contributed by atoms with Crippen LogP contribution in [0, 0.1) is 0 Å². The highest BCUT2D eigenvalue weighted by Crippen LogP contribution is 2.25. The fourth-order valence-corrected chi connectivity index (χ4v) is 4.34. The number of nitrogens with zero attached hydrogens (tertiary/aromatic N) is 1. The first-order chi connectivity index (χ1) is 18.3. The molecular weight excluding hydrogens is 510 g/mol. The molecule has 0 N–H and O–H groups in total. The Balaban J connectivity index is 1.70. The molecule has 208 valence electrons. The lowest BCUT2D eigenvalue weighted by Crippen LogP contribution is -2.40. The molecule has 0 fully saturated rings. The molecule has 0 aliphatic rings. The zero-order chi connectivity index (χ0) is 28.6. The summed E-state index contributed by atoms with van der Waals surface area (Å²) in [6.45, 7) is 12.5. The lowest BCUT2D eigenvalue weighted by molar-refractivity contribution is -0.158. The molecule has 6 heteroatoms. The smallest absolute Gasteiger partial charge is 0.326 e. The highest BCUT2D eigenvalue weighted by molar-refractivity contribution is 6.31. The Hall–Kier alpha value is -3.31. The van der Waals surface area contributed by atoms with Gasteiger partial charge in [-0.3, -0.25) is 9.59 Å². The van der Waals surface area contributed by atoms with E-state index in [2.05, 4.69) is 32.9 Å². The minimum Gasteiger partial charge on any atom is -0.489 e. The molecule has 0 saturated carbocycles. The van der Waals surface area contributed by atoms with Crippen molar-refractivity contribution in [3.8, 4) is 5.75 Å². The summed E-state index contributed by atoms with van der Waals surface area (Å²) in [6, 6.07) is 23.6. The molecule has 3 rings (SSSR count). The maximum Gasteiger partial charge on any atom is 0.326 e. The molecule has 0 radical (unpaired) electrons. The van der Waals surface area contributed by atoms with Gasteiger partial charge in [0.25, 0.3) is 0 Å². The molecule has 0 unspecified atom stereocenters. The second-order valence-corrected chi connectivity index (χ2v) is 12.2. The summed E-state index contributed by atoms with van der Waals surface area (Å²) >= 11 is 6.58. The van der Waals surface area contributed by atoms with Crippen molar-refractivity contribution in [1.82, 2.24) is 4.90 Å². The van der Waals surface area contributed by atoms with Gasteiger partial charge in [0, 0.05) is 11.6 Å². The van der Waals surface area contributed by atoms with Gasteiger partial charge in [0.05, 0.1) is 6.42 Å². The molecule has 0 aliphatic carbocycles. The molecule has 0 saturated heterocycles. The quantitative estimate of drug-likeness (QED) is 0.251. The van der Waals surface area contributed by atoms with Gasteiger partial charge in [-0.1, -0.05) is 93.0 Å². The predicted octanol–water partition coefficient (Wildman–Crippen LogP) is 7.17. The predicted molar refractivity (Wildman–Crippen MR) is 157 cm³/mol. The number of ether oxygens (including phenoxy) is 2. The van der Waals surface area contributed by atoms with Crippen LogP contribution < -0.4 is 4.74 Å². The van der Waals surface area contributed by atoms with Gasteiger partial charge in [-0.25, -0.2) is 0 Å². The molecule has 0 atom stereocenters. The molecule has 0 aromatic heterocycles. The molecule has 0 aliphatic heterocycles. The Bertz CT molecular complexity index is 1260. The molecule has 39 heavy (non-hydrogen) atoms. The van der Waals surface area contributed by atoms with Crippen LogP contribution in [0.1, 0.15) is 63.8 Å². The van der Waals surface area contributed by atoms with Crippen LogP contribution in [0.3, 0.4) is 0 Å². The van der Waals surface area contributed by atoms with Crippen molar-refractivity contribution >= 4 is 23.5 Å². The molecule has 3 aromatic rings.